The highest BCUT2D eigenvalue weighted by Gasteiger charge is 2.42. The van der Waals surface area contributed by atoms with Crippen LogP contribution in [-0.2, 0) is 20.6 Å². The molecule has 1 aliphatic carbocycles. The number of nitrogens with zero attached hydrogens (tertiary/aromatic N) is 2. The first kappa shape index (κ1) is 15.5. The third kappa shape index (κ3) is 3.33. The maximum atomic E-state index is 12.5. The molecule has 2 fully saturated rings. The van der Waals surface area contributed by atoms with Crippen molar-refractivity contribution in [3.63, 3.8) is 0 Å². The van der Waals surface area contributed by atoms with Gasteiger partial charge >= 0.3 is 0 Å². The Balaban J connectivity index is 1.57. The third-order valence-corrected chi connectivity index (χ3v) is 6.41. The molecule has 1 aromatic rings. The van der Waals surface area contributed by atoms with E-state index < -0.39 is 10.0 Å². The van der Waals surface area contributed by atoms with Crippen LogP contribution in [0, 0.1) is 11.8 Å². The van der Waals surface area contributed by atoms with Crippen LogP contribution < -0.4 is 0 Å². The Bertz CT molecular complexity index is 637. The van der Waals surface area contributed by atoms with Crippen LogP contribution in [0.3, 0.4) is 0 Å². The second-order valence-electron chi connectivity index (χ2n) is 6.29. The minimum atomic E-state index is -3.31. The van der Waals surface area contributed by atoms with Gasteiger partial charge in [-0.05, 0) is 17.9 Å². The molecule has 0 radical (unpaired) electrons. The van der Waals surface area contributed by atoms with Crippen molar-refractivity contribution in [3.05, 3.63) is 35.9 Å². The van der Waals surface area contributed by atoms with Crippen LogP contribution in [-0.4, -0.2) is 49.7 Å². The van der Waals surface area contributed by atoms with Crippen LogP contribution in [0.4, 0.5) is 0 Å². The predicted octanol–water partition coefficient (Wildman–Crippen LogP) is 1.32. The summed E-state index contributed by atoms with van der Waals surface area (Å²) in [6, 6.07) is 9.22. The minimum Gasteiger partial charge on any atom is -0.340 e. The van der Waals surface area contributed by atoms with Gasteiger partial charge in [-0.1, -0.05) is 37.3 Å². The minimum absolute atomic E-state index is 0.0292. The molecule has 22 heavy (non-hydrogen) atoms. The summed E-state index contributed by atoms with van der Waals surface area (Å²) in [6.45, 7) is 3.92. The fourth-order valence-corrected chi connectivity index (χ4v) is 4.48. The molecule has 1 amide bonds. The summed E-state index contributed by atoms with van der Waals surface area (Å²) in [5.74, 6) is 0.897. The van der Waals surface area contributed by atoms with E-state index >= 15 is 0 Å². The molecule has 2 atom stereocenters. The molecule has 2 aliphatic rings. The molecule has 1 saturated carbocycles. The van der Waals surface area contributed by atoms with Crippen molar-refractivity contribution in [1.29, 1.82) is 0 Å². The Morgan fingerprint density at radius 2 is 1.73 bits per heavy atom. The summed E-state index contributed by atoms with van der Waals surface area (Å²) in [5, 5.41) is 0. The van der Waals surface area contributed by atoms with Crippen molar-refractivity contribution in [1.82, 2.24) is 9.21 Å². The number of carbonyl (C=O) groups is 1. The molecule has 120 valence electrons. The molecular formula is C16H22N2O3S. The van der Waals surface area contributed by atoms with Gasteiger partial charge in [-0.25, -0.2) is 8.42 Å². The molecule has 0 bridgehead atoms. The average Bonchev–Trinajstić information content (AvgIpc) is 3.24. The lowest BCUT2D eigenvalue weighted by Gasteiger charge is -2.34. The smallest absolute Gasteiger partial charge is 0.226 e. The topological polar surface area (TPSA) is 57.7 Å². The van der Waals surface area contributed by atoms with Gasteiger partial charge in [-0.3, -0.25) is 4.79 Å². The monoisotopic (exact) mass is 322 g/mol. The van der Waals surface area contributed by atoms with E-state index in [9.17, 15) is 13.2 Å². The molecule has 6 heteroatoms. The van der Waals surface area contributed by atoms with Gasteiger partial charge in [-0.15, -0.1) is 0 Å². The molecule has 0 spiro atoms. The Kier molecular flexibility index (Phi) is 4.23. The summed E-state index contributed by atoms with van der Waals surface area (Å²) in [6.07, 6.45) is 0.978. The highest BCUT2D eigenvalue weighted by atomic mass is 32.2. The first-order chi connectivity index (χ1) is 10.5. The van der Waals surface area contributed by atoms with Crippen LogP contribution >= 0.6 is 0 Å². The maximum absolute atomic E-state index is 12.5. The van der Waals surface area contributed by atoms with E-state index in [1.165, 1.54) is 4.31 Å². The van der Waals surface area contributed by atoms with Gasteiger partial charge in [0, 0.05) is 32.1 Å². The van der Waals surface area contributed by atoms with E-state index in [4.69, 9.17) is 0 Å². The fourth-order valence-electron chi connectivity index (χ4n) is 2.96. The van der Waals surface area contributed by atoms with E-state index in [2.05, 4.69) is 6.92 Å². The molecule has 3 rings (SSSR count). The van der Waals surface area contributed by atoms with Crippen molar-refractivity contribution in [2.24, 2.45) is 11.8 Å². The summed E-state index contributed by atoms with van der Waals surface area (Å²) in [4.78, 5) is 14.0. The van der Waals surface area contributed by atoms with Crippen molar-refractivity contribution in [3.8, 4) is 0 Å². The van der Waals surface area contributed by atoms with E-state index in [0.29, 0.717) is 32.1 Å². The molecule has 0 N–H and O–H groups in total. The number of benzene rings is 1. The Labute approximate surface area is 132 Å². The van der Waals surface area contributed by atoms with Crippen molar-refractivity contribution < 1.29 is 13.2 Å². The molecule has 1 heterocycles. The van der Waals surface area contributed by atoms with Crippen LogP contribution in [0.15, 0.2) is 30.3 Å². The fraction of sp³-hybridized carbons (Fsp3) is 0.562. The van der Waals surface area contributed by atoms with E-state index in [1.807, 2.05) is 35.2 Å². The zero-order chi connectivity index (χ0) is 15.7. The highest BCUT2D eigenvalue weighted by Crippen LogP contribution is 2.39. The lowest BCUT2D eigenvalue weighted by atomic mass is 10.2. The van der Waals surface area contributed by atoms with Crippen LogP contribution in [0.1, 0.15) is 18.9 Å². The van der Waals surface area contributed by atoms with Gasteiger partial charge in [0.2, 0.25) is 15.9 Å². The Morgan fingerprint density at radius 3 is 2.27 bits per heavy atom. The molecule has 1 aliphatic heterocycles. The maximum Gasteiger partial charge on any atom is 0.226 e. The van der Waals surface area contributed by atoms with Crippen LogP contribution in [0.2, 0.25) is 0 Å². The standard InChI is InChI=1S/C16H22N2O3S/c1-13-11-15(13)16(19)17-7-9-18(10-8-17)22(20,21)12-14-5-3-2-4-6-14/h2-6,13,15H,7-12H2,1H3/t13-,15+/m1/s1. The van der Waals surface area contributed by atoms with Gasteiger partial charge < -0.3 is 4.90 Å². The zero-order valence-corrected chi connectivity index (χ0v) is 13.6. The number of piperazine rings is 1. The zero-order valence-electron chi connectivity index (χ0n) is 12.8. The predicted molar refractivity (Wildman–Crippen MR) is 84.5 cm³/mol. The number of hydrogen-bond acceptors (Lipinski definition) is 3. The van der Waals surface area contributed by atoms with E-state index in [-0.39, 0.29) is 17.6 Å². The largest absolute Gasteiger partial charge is 0.340 e. The van der Waals surface area contributed by atoms with Gasteiger partial charge in [0.1, 0.15) is 0 Å². The number of hydrogen-bond donors (Lipinski definition) is 0. The van der Waals surface area contributed by atoms with Gasteiger partial charge in [0.05, 0.1) is 5.75 Å². The van der Waals surface area contributed by atoms with Crippen molar-refractivity contribution >= 4 is 15.9 Å². The van der Waals surface area contributed by atoms with Crippen molar-refractivity contribution in [2.45, 2.75) is 19.1 Å². The lowest BCUT2D eigenvalue weighted by molar-refractivity contribution is -0.134. The summed E-state index contributed by atoms with van der Waals surface area (Å²) in [5.41, 5.74) is 0.799. The quantitative estimate of drug-likeness (QED) is 0.840. The average molecular weight is 322 g/mol. The molecule has 5 nitrogen and oxygen atoms in total. The molecule has 0 aromatic heterocycles. The summed E-state index contributed by atoms with van der Waals surface area (Å²) >= 11 is 0. The van der Waals surface area contributed by atoms with Gasteiger partial charge in [0.25, 0.3) is 0 Å². The number of carbonyl (C=O) groups excluding carboxylic acids is 1. The SMILES string of the molecule is C[C@@H]1C[C@@H]1C(=O)N1CCN(S(=O)(=O)Cc2ccccc2)CC1. The second-order valence-corrected chi connectivity index (χ2v) is 8.25. The number of amides is 1. The normalized spacial score (nSPS) is 26.0. The van der Waals surface area contributed by atoms with Gasteiger partial charge in [-0.2, -0.15) is 4.31 Å². The van der Waals surface area contributed by atoms with Crippen molar-refractivity contribution in [2.75, 3.05) is 26.2 Å². The Morgan fingerprint density at radius 1 is 1.14 bits per heavy atom. The molecule has 1 saturated heterocycles. The first-order valence-corrected chi connectivity index (χ1v) is 9.39. The molecule has 0 unspecified atom stereocenters. The Hall–Kier alpha value is -1.40. The number of sulfonamides is 1. The molecular weight excluding hydrogens is 300 g/mol. The number of rotatable bonds is 4. The summed E-state index contributed by atoms with van der Waals surface area (Å²) < 4.78 is 26.4. The van der Waals surface area contributed by atoms with Crippen LogP contribution in [0.25, 0.3) is 0 Å². The van der Waals surface area contributed by atoms with Crippen LogP contribution in [0.5, 0.6) is 0 Å². The lowest BCUT2D eigenvalue weighted by Crippen LogP contribution is -2.51. The van der Waals surface area contributed by atoms with E-state index in [0.717, 1.165) is 12.0 Å². The summed E-state index contributed by atoms with van der Waals surface area (Å²) in [7, 11) is -3.31. The van der Waals surface area contributed by atoms with Gasteiger partial charge in [0.15, 0.2) is 0 Å². The second kappa shape index (κ2) is 6.01. The molecule has 1 aromatic carbocycles. The highest BCUT2D eigenvalue weighted by molar-refractivity contribution is 7.88. The first-order valence-electron chi connectivity index (χ1n) is 7.78. The van der Waals surface area contributed by atoms with E-state index in [1.54, 1.807) is 0 Å². The third-order valence-electron chi connectivity index (χ3n) is 4.56.